The van der Waals surface area contributed by atoms with E-state index in [4.69, 9.17) is 4.42 Å². The molecule has 6 nitrogen and oxygen atoms in total. The van der Waals surface area contributed by atoms with Crippen LogP contribution < -0.4 is 10.7 Å². The van der Waals surface area contributed by atoms with Crippen LogP contribution in [0, 0.1) is 19.7 Å². The highest BCUT2D eigenvalue weighted by atomic mass is 19.1. The normalized spacial score (nSPS) is 12.1. The Morgan fingerprint density at radius 1 is 1.11 bits per heavy atom. The summed E-state index contributed by atoms with van der Waals surface area (Å²) in [5.41, 5.74) is 5.11. The van der Waals surface area contributed by atoms with Gasteiger partial charge in [0.1, 0.15) is 17.2 Å². The Morgan fingerprint density at radius 2 is 1.91 bits per heavy atom. The van der Waals surface area contributed by atoms with E-state index in [-0.39, 0.29) is 17.3 Å². The second kappa shape index (κ2) is 8.83. The summed E-state index contributed by atoms with van der Waals surface area (Å²) in [5, 5.41) is 8.21. The number of benzene rings is 2. The molecule has 176 valence electrons. The standard InChI is InChI=1S/C28H25FN4O2/c1-16-12-21(18(3)32-24-10-7-11-30-25(24)20-8-5-6-9-23(20)29)28-22(13-16)26(34)17(2)27(35-28)19-14-31-33(4)15-19/h5-15,18,32H,1-4H3/t18-/m1/s1. The first-order valence-corrected chi connectivity index (χ1v) is 11.4. The maximum atomic E-state index is 14.5. The van der Waals surface area contributed by atoms with Crippen molar-refractivity contribution in [3.63, 3.8) is 0 Å². The molecule has 0 unspecified atom stereocenters. The summed E-state index contributed by atoms with van der Waals surface area (Å²) in [4.78, 5) is 17.8. The molecule has 2 aromatic carbocycles. The number of pyridine rings is 1. The fourth-order valence-electron chi connectivity index (χ4n) is 4.40. The molecule has 0 saturated heterocycles. The molecule has 0 aliphatic rings. The molecule has 0 amide bonds. The van der Waals surface area contributed by atoms with E-state index in [0.29, 0.717) is 39.2 Å². The Kier molecular flexibility index (Phi) is 5.68. The van der Waals surface area contributed by atoms with Crippen LogP contribution in [0.25, 0.3) is 33.6 Å². The van der Waals surface area contributed by atoms with Crippen molar-refractivity contribution >= 4 is 16.7 Å². The third-order valence-corrected chi connectivity index (χ3v) is 6.13. The van der Waals surface area contributed by atoms with E-state index in [2.05, 4.69) is 15.4 Å². The van der Waals surface area contributed by atoms with Crippen LogP contribution in [0.5, 0.6) is 0 Å². The molecule has 0 fully saturated rings. The Labute approximate surface area is 202 Å². The zero-order valence-electron chi connectivity index (χ0n) is 20.0. The van der Waals surface area contributed by atoms with Crippen molar-refractivity contribution in [1.82, 2.24) is 14.8 Å². The molecule has 1 N–H and O–H groups in total. The molecule has 3 heterocycles. The summed E-state index contributed by atoms with van der Waals surface area (Å²) >= 11 is 0. The number of aromatic nitrogens is 3. The highest BCUT2D eigenvalue weighted by Gasteiger charge is 2.20. The van der Waals surface area contributed by atoms with E-state index in [1.165, 1.54) is 6.07 Å². The number of rotatable bonds is 5. The van der Waals surface area contributed by atoms with Crippen molar-refractivity contribution < 1.29 is 8.81 Å². The second-order valence-corrected chi connectivity index (χ2v) is 8.76. The minimum atomic E-state index is -0.342. The molecular formula is C28H25FN4O2. The SMILES string of the molecule is Cc1cc([C@@H](C)Nc2cccnc2-c2ccccc2F)c2oc(-c3cnn(C)c3)c(C)c(=O)c2c1. The predicted molar refractivity (Wildman–Crippen MR) is 136 cm³/mol. The molecule has 0 saturated carbocycles. The van der Waals surface area contributed by atoms with Gasteiger partial charge in [-0.1, -0.05) is 18.2 Å². The van der Waals surface area contributed by atoms with E-state index in [9.17, 15) is 9.18 Å². The summed E-state index contributed by atoms with van der Waals surface area (Å²) in [6, 6.07) is 13.8. The minimum absolute atomic E-state index is 0.0734. The number of hydrogen-bond acceptors (Lipinski definition) is 5. The number of fused-ring (bicyclic) bond motifs is 1. The van der Waals surface area contributed by atoms with Crippen LogP contribution in [0.1, 0.15) is 29.7 Å². The second-order valence-electron chi connectivity index (χ2n) is 8.76. The maximum Gasteiger partial charge on any atom is 0.196 e. The molecule has 5 rings (SSSR count). The zero-order valence-corrected chi connectivity index (χ0v) is 20.0. The molecule has 1 atom stereocenters. The Hall–Kier alpha value is -4.26. The quantitative estimate of drug-likeness (QED) is 0.333. The lowest BCUT2D eigenvalue weighted by atomic mass is 9.99. The third-order valence-electron chi connectivity index (χ3n) is 6.13. The summed E-state index contributed by atoms with van der Waals surface area (Å²) < 4.78 is 22.6. The highest BCUT2D eigenvalue weighted by molar-refractivity contribution is 5.85. The van der Waals surface area contributed by atoms with Gasteiger partial charge in [-0.25, -0.2) is 4.39 Å². The molecule has 0 bridgehead atoms. The largest absolute Gasteiger partial charge is 0.455 e. The lowest BCUT2D eigenvalue weighted by molar-refractivity contribution is 0.605. The van der Waals surface area contributed by atoms with Gasteiger partial charge < -0.3 is 9.73 Å². The van der Waals surface area contributed by atoms with E-state index in [1.54, 1.807) is 48.3 Å². The van der Waals surface area contributed by atoms with E-state index < -0.39 is 0 Å². The summed E-state index contributed by atoms with van der Waals surface area (Å²) in [7, 11) is 1.82. The van der Waals surface area contributed by atoms with Gasteiger partial charge in [0, 0.05) is 36.1 Å². The average Bonchev–Trinajstić information content (AvgIpc) is 3.28. The number of anilines is 1. The number of aryl methyl sites for hydroxylation is 2. The number of halogens is 1. The van der Waals surface area contributed by atoms with Crippen molar-refractivity contribution in [3.8, 4) is 22.6 Å². The van der Waals surface area contributed by atoms with Crippen molar-refractivity contribution in [1.29, 1.82) is 0 Å². The van der Waals surface area contributed by atoms with E-state index in [0.717, 1.165) is 16.7 Å². The molecule has 0 radical (unpaired) electrons. The van der Waals surface area contributed by atoms with E-state index in [1.807, 2.05) is 45.3 Å². The van der Waals surface area contributed by atoms with Crippen molar-refractivity contribution in [2.24, 2.45) is 7.05 Å². The number of hydrogen-bond donors (Lipinski definition) is 1. The van der Waals surface area contributed by atoms with Gasteiger partial charge in [0.25, 0.3) is 0 Å². The number of nitrogens with one attached hydrogen (secondary N) is 1. The molecule has 7 heteroatoms. The summed E-state index contributed by atoms with van der Waals surface area (Å²) in [6.45, 7) is 5.71. The molecule has 5 aromatic rings. The first-order chi connectivity index (χ1) is 16.8. The predicted octanol–water partition coefficient (Wildman–Crippen LogP) is 6.18. The molecular weight excluding hydrogens is 443 g/mol. The molecule has 3 aromatic heterocycles. The number of nitrogens with zero attached hydrogens (tertiary/aromatic N) is 3. The summed E-state index contributed by atoms with van der Waals surface area (Å²) in [5.74, 6) is 0.159. The van der Waals surface area contributed by atoms with Crippen LogP contribution in [0.15, 0.2) is 76.3 Å². The molecule has 0 aliphatic heterocycles. The lowest BCUT2D eigenvalue weighted by Crippen LogP contribution is -2.13. The van der Waals surface area contributed by atoms with Crippen molar-refractivity contribution in [2.75, 3.05) is 5.32 Å². The molecule has 35 heavy (non-hydrogen) atoms. The van der Waals surface area contributed by atoms with Crippen LogP contribution >= 0.6 is 0 Å². The molecule has 0 spiro atoms. The van der Waals surface area contributed by atoms with Crippen LogP contribution in [0.4, 0.5) is 10.1 Å². The van der Waals surface area contributed by atoms with Crippen LogP contribution in [0.2, 0.25) is 0 Å². The van der Waals surface area contributed by atoms with Crippen LogP contribution in [-0.4, -0.2) is 14.8 Å². The van der Waals surface area contributed by atoms with Gasteiger partial charge in [-0.3, -0.25) is 14.5 Å². The van der Waals surface area contributed by atoms with Gasteiger partial charge >= 0.3 is 0 Å². The highest BCUT2D eigenvalue weighted by Crippen LogP contribution is 2.34. The zero-order chi connectivity index (χ0) is 24.7. The van der Waals surface area contributed by atoms with Gasteiger partial charge in [-0.05, 0) is 56.7 Å². The minimum Gasteiger partial charge on any atom is -0.455 e. The summed E-state index contributed by atoms with van der Waals surface area (Å²) in [6.07, 6.45) is 5.15. The first-order valence-electron chi connectivity index (χ1n) is 11.4. The Morgan fingerprint density at radius 3 is 2.66 bits per heavy atom. The monoisotopic (exact) mass is 468 g/mol. The smallest absolute Gasteiger partial charge is 0.196 e. The lowest BCUT2D eigenvalue weighted by Gasteiger charge is -2.20. The van der Waals surface area contributed by atoms with Crippen LogP contribution in [-0.2, 0) is 7.05 Å². The maximum absolute atomic E-state index is 14.5. The molecule has 0 aliphatic carbocycles. The van der Waals surface area contributed by atoms with Crippen LogP contribution in [0.3, 0.4) is 0 Å². The Bertz CT molecular complexity index is 1620. The average molecular weight is 469 g/mol. The van der Waals surface area contributed by atoms with E-state index >= 15 is 0 Å². The first kappa shape index (κ1) is 22.5. The fourth-order valence-corrected chi connectivity index (χ4v) is 4.40. The van der Waals surface area contributed by atoms with Gasteiger partial charge in [-0.2, -0.15) is 5.10 Å². The fraction of sp³-hybridized carbons (Fsp3) is 0.179. The topological polar surface area (TPSA) is 73.0 Å². The third kappa shape index (κ3) is 4.10. The van der Waals surface area contributed by atoms with Gasteiger partial charge in [-0.15, -0.1) is 0 Å². The van der Waals surface area contributed by atoms with Crippen molar-refractivity contribution in [3.05, 3.63) is 99.9 Å². The van der Waals surface area contributed by atoms with Gasteiger partial charge in [0.05, 0.1) is 34.6 Å². The van der Waals surface area contributed by atoms with Gasteiger partial charge in [0.15, 0.2) is 5.43 Å². The Balaban J connectivity index is 1.64. The van der Waals surface area contributed by atoms with Crippen molar-refractivity contribution in [2.45, 2.75) is 26.8 Å². The van der Waals surface area contributed by atoms with Gasteiger partial charge in [0.2, 0.25) is 0 Å².